The van der Waals surface area contributed by atoms with Gasteiger partial charge < -0.3 is 5.32 Å². The monoisotopic (exact) mass is 306 g/mol. The van der Waals surface area contributed by atoms with Gasteiger partial charge in [-0.1, -0.05) is 6.07 Å². The molecule has 0 saturated heterocycles. The maximum absolute atomic E-state index is 11.3. The molecular formula is C11H10N6O3S. The predicted octanol–water partition coefficient (Wildman–Crippen LogP) is 0.731. The Balaban J connectivity index is 2.39. The van der Waals surface area contributed by atoms with Crippen LogP contribution in [0.4, 0.5) is 5.69 Å². The van der Waals surface area contributed by atoms with Crippen LogP contribution >= 0.6 is 0 Å². The molecule has 0 amide bonds. The van der Waals surface area contributed by atoms with Crippen LogP contribution in [-0.2, 0) is 10.1 Å². The van der Waals surface area contributed by atoms with E-state index in [9.17, 15) is 13.0 Å². The summed E-state index contributed by atoms with van der Waals surface area (Å²) in [4.78, 5) is -0.288. The number of hydrogen-bond acceptors (Lipinski definition) is 7. The van der Waals surface area contributed by atoms with E-state index in [1.807, 2.05) is 6.07 Å². The Kier molecular flexibility index (Phi) is 3.97. The molecule has 10 heteroatoms. The zero-order valence-electron chi connectivity index (χ0n) is 10.8. The quantitative estimate of drug-likeness (QED) is 0.553. The van der Waals surface area contributed by atoms with E-state index >= 15 is 0 Å². The molecule has 0 aliphatic heterocycles. The number of nitriles is 1. The average molecular weight is 306 g/mol. The van der Waals surface area contributed by atoms with Gasteiger partial charge in [-0.15, -0.1) is 10.2 Å². The minimum atomic E-state index is -4.39. The first kappa shape index (κ1) is 14.6. The Labute approximate surface area is 120 Å². The van der Waals surface area contributed by atoms with E-state index in [0.717, 1.165) is 0 Å². The van der Waals surface area contributed by atoms with Crippen molar-refractivity contribution in [3.8, 4) is 6.07 Å². The highest BCUT2D eigenvalue weighted by atomic mass is 32.2. The third-order valence-electron chi connectivity index (χ3n) is 2.49. The number of aromatic nitrogens is 4. The Morgan fingerprint density at radius 3 is 2.86 bits per heavy atom. The average Bonchev–Trinajstić information content (AvgIpc) is 2.94. The van der Waals surface area contributed by atoms with Crippen molar-refractivity contribution in [1.82, 2.24) is 20.6 Å². The van der Waals surface area contributed by atoms with Crippen LogP contribution in [0.1, 0.15) is 11.4 Å². The highest BCUT2D eigenvalue weighted by Crippen LogP contribution is 2.23. The molecule has 2 aromatic rings. The van der Waals surface area contributed by atoms with Crippen molar-refractivity contribution >= 4 is 21.4 Å². The Morgan fingerprint density at radius 2 is 2.29 bits per heavy atom. The van der Waals surface area contributed by atoms with Crippen molar-refractivity contribution in [3.63, 3.8) is 0 Å². The summed E-state index contributed by atoms with van der Waals surface area (Å²) in [6.07, 6.45) is 1.23. The smallest absolute Gasteiger partial charge is 0.296 e. The second-order valence-electron chi connectivity index (χ2n) is 4.02. The van der Waals surface area contributed by atoms with Crippen LogP contribution in [0.5, 0.6) is 0 Å². The molecule has 0 spiro atoms. The number of rotatable bonds is 4. The molecule has 0 radical (unpaired) electrons. The van der Waals surface area contributed by atoms with Crippen molar-refractivity contribution in [2.75, 3.05) is 5.32 Å². The van der Waals surface area contributed by atoms with E-state index in [0.29, 0.717) is 5.56 Å². The molecule has 0 fully saturated rings. The van der Waals surface area contributed by atoms with Crippen LogP contribution in [0.15, 0.2) is 29.3 Å². The molecule has 0 aliphatic rings. The van der Waals surface area contributed by atoms with E-state index in [4.69, 9.17) is 5.26 Å². The molecule has 0 aliphatic carbocycles. The predicted molar refractivity (Wildman–Crippen MR) is 72.4 cm³/mol. The summed E-state index contributed by atoms with van der Waals surface area (Å²) in [7, 11) is -4.39. The Bertz CT molecular complexity index is 820. The van der Waals surface area contributed by atoms with Crippen molar-refractivity contribution in [2.45, 2.75) is 11.8 Å². The van der Waals surface area contributed by atoms with Crippen LogP contribution in [0, 0.1) is 18.3 Å². The fourth-order valence-electron chi connectivity index (χ4n) is 1.53. The van der Waals surface area contributed by atoms with E-state index in [-0.39, 0.29) is 22.0 Å². The van der Waals surface area contributed by atoms with E-state index < -0.39 is 10.1 Å². The van der Waals surface area contributed by atoms with Crippen molar-refractivity contribution in [3.05, 3.63) is 35.8 Å². The van der Waals surface area contributed by atoms with Gasteiger partial charge >= 0.3 is 0 Å². The van der Waals surface area contributed by atoms with Gasteiger partial charge in [0.1, 0.15) is 16.5 Å². The second-order valence-corrected chi connectivity index (χ2v) is 5.41. The van der Waals surface area contributed by atoms with Crippen molar-refractivity contribution in [2.24, 2.45) is 0 Å². The zero-order valence-corrected chi connectivity index (χ0v) is 11.6. The van der Waals surface area contributed by atoms with E-state index in [1.54, 1.807) is 13.0 Å². The SMILES string of the molecule is Cc1ccc(NC=C(C#N)c2nn[nH]n2)c(S(=O)(=O)O)c1. The number of hydrogen-bond donors (Lipinski definition) is 3. The number of H-pyrrole nitrogens is 1. The lowest BCUT2D eigenvalue weighted by Gasteiger charge is -2.08. The van der Waals surface area contributed by atoms with Crippen molar-refractivity contribution in [1.29, 1.82) is 5.26 Å². The van der Waals surface area contributed by atoms with Gasteiger partial charge in [-0.05, 0) is 29.8 Å². The minimum Gasteiger partial charge on any atom is -0.359 e. The van der Waals surface area contributed by atoms with E-state index in [2.05, 4.69) is 25.9 Å². The summed E-state index contributed by atoms with van der Waals surface area (Å²) in [5.41, 5.74) is 0.834. The van der Waals surface area contributed by atoms with Gasteiger partial charge in [0.2, 0.25) is 5.82 Å². The molecule has 0 saturated carbocycles. The van der Waals surface area contributed by atoms with Gasteiger partial charge in [0.25, 0.3) is 10.1 Å². The molecule has 1 aromatic carbocycles. The summed E-state index contributed by atoms with van der Waals surface area (Å²) < 4.78 is 31.9. The van der Waals surface area contributed by atoms with Gasteiger partial charge in [-0.25, -0.2) is 0 Å². The number of anilines is 1. The van der Waals surface area contributed by atoms with Crippen LogP contribution in [-0.4, -0.2) is 33.6 Å². The fraction of sp³-hybridized carbons (Fsp3) is 0.0909. The third-order valence-corrected chi connectivity index (χ3v) is 3.39. The number of nitrogens with one attached hydrogen (secondary N) is 2. The molecule has 1 heterocycles. The fourth-order valence-corrected chi connectivity index (χ4v) is 2.27. The van der Waals surface area contributed by atoms with E-state index in [1.165, 1.54) is 18.3 Å². The molecule has 3 N–H and O–H groups in total. The number of tetrazole rings is 1. The maximum Gasteiger partial charge on any atom is 0.296 e. The lowest BCUT2D eigenvalue weighted by atomic mass is 10.2. The molecule has 108 valence electrons. The largest absolute Gasteiger partial charge is 0.359 e. The molecule has 0 atom stereocenters. The number of aryl methyl sites for hydroxylation is 1. The first-order chi connectivity index (χ1) is 9.91. The first-order valence-corrected chi connectivity index (χ1v) is 7.04. The first-order valence-electron chi connectivity index (χ1n) is 5.60. The molecule has 2 rings (SSSR count). The molecule has 21 heavy (non-hydrogen) atoms. The number of benzene rings is 1. The summed E-state index contributed by atoms with van der Waals surface area (Å²) in [5, 5.41) is 24.4. The highest BCUT2D eigenvalue weighted by Gasteiger charge is 2.15. The maximum atomic E-state index is 11.3. The summed E-state index contributed by atoms with van der Waals surface area (Å²) in [5.74, 6) is 0.0607. The number of allylic oxidation sites excluding steroid dienone is 1. The molecule has 1 aromatic heterocycles. The minimum absolute atomic E-state index is 0.0469. The summed E-state index contributed by atoms with van der Waals surface area (Å²) >= 11 is 0. The summed E-state index contributed by atoms with van der Waals surface area (Å²) in [6, 6.07) is 6.29. The Morgan fingerprint density at radius 1 is 1.52 bits per heavy atom. The van der Waals surface area contributed by atoms with Crippen LogP contribution in [0.3, 0.4) is 0 Å². The van der Waals surface area contributed by atoms with Gasteiger partial charge in [0.05, 0.1) is 5.69 Å². The highest BCUT2D eigenvalue weighted by molar-refractivity contribution is 7.86. The molecule has 0 unspecified atom stereocenters. The topological polar surface area (TPSA) is 145 Å². The second kappa shape index (κ2) is 5.70. The lowest BCUT2D eigenvalue weighted by Crippen LogP contribution is -2.04. The van der Waals surface area contributed by atoms with Crippen LogP contribution < -0.4 is 5.32 Å². The Hall–Kier alpha value is -2.77. The van der Waals surface area contributed by atoms with Gasteiger partial charge in [0.15, 0.2) is 0 Å². The standard InChI is InChI=1S/C11H10N6O3S/c1-7-2-3-9(10(4-7)21(18,19)20)13-6-8(5-12)11-14-16-17-15-11/h2-4,6,13H,1H3,(H,18,19,20)(H,14,15,16,17). The molecule has 0 bridgehead atoms. The molecule has 9 nitrogen and oxygen atoms in total. The van der Waals surface area contributed by atoms with Crippen LogP contribution in [0.2, 0.25) is 0 Å². The lowest BCUT2D eigenvalue weighted by molar-refractivity contribution is 0.483. The normalized spacial score (nSPS) is 12.0. The van der Waals surface area contributed by atoms with Gasteiger partial charge in [0, 0.05) is 6.20 Å². The molecular weight excluding hydrogens is 296 g/mol. The summed E-state index contributed by atoms with van der Waals surface area (Å²) in [6.45, 7) is 1.69. The third kappa shape index (κ3) is 3.41. The van der Waals surface area contributed by atoms with Crippen LogP contribution in [0.25, 0.3) is 5.57 Å². The van der Waals surface area contributed by atoms with Gasteiger partial charge in [-0.2, -0.15) is 18.9 Å². The number of nitrogens with zero attached hydrogens (tertiary/aromatic N) is 4. The number of aromatic amines is 1. The van der Waals surface area contributed by atoms with Gasteiger partial charge in [-0.3, -0.25) is 4.55 Å². The van der Waals surface area contributed by atoms with Crippen molar-refractivity contribution < 1.29 is 13.0 Å². The zero-order chi connectivity index (χ0) is 15.5.